The average molecular weight is 331 g/mol. The highest BCUT2D eigenvalue weighted by atomic mass is 32.2. The van der Waals surface area contributed by atoms with Gasteiger partial charge in [0.1, 0.15) is 5.76 Å². The summed E-state index contributed by atoms with van der Waals surface area (Å²) in [6, 6.07) is 0. The number of thiazole rings is 1. The molecule has 0 fully saturated rings. The summed E-state index contributed by atoms with van der Waals surface area (Å²) in [5.41, 5.74) is 2.31. The summed E-state index contributed by atoms with van der Waals surface area (Å²) in [7, 11) is -2.71. The van der Waals surface area contributed by atoms with Gasteiger partial charge in [-0.3, -0.25) is 0 Å². The molecule has 2 rings (SSSR count). The Bertz CT molecular complexity index is 743. The molecule has 0 atom stereocenters. The summed E-state index contributed by atoms with van der Waals surface area (Å²) < 4.78 is 36.2. The van der Waals surface area contributed by atoms with Gasteiger partial charge >= 0.3 is 5.97 Å². The van der Waals surface area contributed by atoms with Crippen LogP contribution in [0.5, 0.6) is 0 Å². The second-order valence-electron chi connectivity index (χ2n) is 4.11. The molecular formula is C11H13N3O5S2. The molecule has 0 spiro atoms. The van der Waals surface area contributed by atoms with Crippen molar-refractivity contribution >= 4 is 27.3 Å². The number of carbonyl (C=O) groups excluding carboxylic acids is 1. The van der Waals surface area contributed by atoms with Gasteiger partial charge in [0.2, 0.25) is 0 Å². The second-order valence-corrected chi connectivity index (χ2v) is 6.92. The van der Waals surface area contributed by atoms with E-state index in [-0.39, 0.29) is 16.4 Å². The maximum atomic E-state index is 12.3. The first kappa shape index (κ1) is 15.6. The van der Waals surface area contributed by atoms with Gasteiger partial charge in [0.05, 0.1) is 18.3 Å². The average Bonchev–Trinajstić information content (AvgIpc) is 3.04. The third-order valence-electron chi connectivity index (χ3n) is 2.78. The highest BCUT2D eigenvalue weighted by Gasteiger charge is 2.26. The van der Waals surface area contributed by atoms with E-state index >= 15 is 0 Å². The lowest BCUT2D eigenvalue weighted by Gasteiger charge is -2.05. The van der Waals surface area contributed by atoms with Crippen molar-refractivity contribution in [2.45, 2.75) is 24.6 Å². The van der Waals surface area contributed by atoms with Crippen molar-refractivity contribution in [1.29, 1.82) is 0 Å². The van der Waals surface area contributed by atoms with Gasteiger partial charge in [-0.15, -0.1) is 11.3 Å². The second kappa shape index (κ2) is 5.92. The van der Waals surface area contributed by atoms with Crippen molar-refractivity contribution in [2.75, 3.05) is 7.11 Å². The minimum Gasteiger partial charge on any atom is -0.464 e. The van der Waals surface area contributed by atoms with Gasteiger partial charge in [0.15, 0.2) is 9.90 Å². The van der Waals surface area contributed by atoms with E-state index in [4.69, 9.17) is 4.52 Å². The number of carbonyl (C=O) groups is 1. The van der Waals surface area contributed by atoms with Crippen LogP contribution in [0.15, 0.2) is 14.2 Å². The Morgan fingerprint density at radius 3 is 2.76 bits per heavy atom. The van der Waals surface area contributed by atoms with Crippen LogP contribution >= 0.6 is 11.3 Å². The highest BCUT2D eigenvalue weighted by molar-refractivity contribution is 7.91. The van der Waals surface area contributed by atoms with Crippen LogP contribution in [0.25, 0.3) is 0 Å². The molecule has 0 aliphatic heterocycles. The van der Waals surface area contributed by atoms with Gasteiger partial charge in [0, 0.05) is 12.1 Å². The van der Waals surface area contributed by atoms with Crippen molar-refractivity contribution in [3.8, 4) is 0 Å². The fourth-order valence-electron chi connectivity index (χ4n) is 1.65. The first-order valence-corrected chi connectivity index (χ1v) is 8.16. The Morgan fingerprint density at radius 2 is 2.19 bits per heavy atom. The van der Waals surface area contributed by atoms with E-state index in [1.54, 1.807) is 13.8 Å². The van der Waals surface area contributed by atoms with Crippen molar-refractivity contribution in [3.05, 3.63) is 28.2 Å². The highest BCUT2D eigenvalue weighted by Crippen LogP contribution is 2.21. The van der Waals surface area contributed by atoms with Gasteiger partial charge in [-0.1, -0.05) is 5.16 Å². The van der Waals surface area contributed by atoms with E-state index in [1.807, 2.05) is 0 Å². The first-order valence-electron chi connectivity index (χ1n) is 5.80. The molecule has 2 heterocycles. The third-order valence-corrected chi connectivity index (χ3v) is 5.55. The molecule has 0 amide bonds. The Labute approximate surface area is 125 Å². The number of aromatic nitrogens is 2. The maximum Gasteiger partial charge on any atom is 0.358 e. The Hall–Kier alpha value is -1.78. The molecule has 0 aromatic carbocycles. The topological polar surface area (TPSA) is 111 Å². The number of nitrogens with one attached hydrogen (secondary N) is 1. The number of rotatable bonds is 5. The lowest BCUT2D eigenvalue weighted by atomic mass is 10.2. The third kappa shape index (κ3) is 3.12. The normalized spacial score (nSPS) is 11.6. The van der Waals surface area contributed by atoms with Crippen molar-refractivity contribution in [1.82, 2.24) is 14.9 Å². The van der Waals surface area contributed by atoms with Crippen LogP contribution in [0.3, 0.4) is 0 Å². The molecule has 1 N–H and O–H groups in total. The van der Waals surface area contributed by atoms with Gasteiger partial charge in [-0.2, -0.15) is 0 Å². The number of hydrogen-bond acceptors (Lipinski definition) is 8. The number of nitrogens with zero attached hydrogens (tertiary/aromatic N) is 2. The van der Waals surface area contributed by atoms with E-state index in [0.29, 0.717) is 17.0 Å². The molecule has 2 aromatic heterocycles. The summed E-state index contributed by atoms with van der Waals surface area (Å²) in [6.45, 7) is 3.42. The number of hydrogen-bond donors (Lipinski definition) is 1. The Balaban J connectivity index is 2.24. The number of aryl methyl sites for hydroxylation is 2. The first-order chi connectivity index (χ1) is 9.86. The molecule has 114 valence electrons. The van der Waals surface area contributed by atoms with Gasteiger partial charge in [0.25, 0.3) is 10.0 Å². The summed E-state index contributed by atoms with van der Waals surface area (Å²) in [4.78, 5) is 15.2. The van der Waals surface area contributed by atoms with Gasteiger partial charge in [-0.25, -0.2) is 22.9 Å². The molecule has 2 aromatic rings. The van der Waals surface area contributed by atoms with Crippen LogP contribution in [0.1, 0.15) is 27.5 Å². The predicted octanol–water partition coefficient (Wildman–Crippen LogP) is 1.01. The predicted molar refractivity (Wildman–Crippen MR) is 73.5 cm³/mol. The quantitative estimate of drug-likeness (QED) is 0.814. The zero-order chi connectivity index (χ0) is 15.6. The Kier molecular flexibility index (Phi) is 4.40. The molecule has 0 radical (unpaired) electrons. The number of sulfonamides is 1. The molecule has 0 aliphatic rings. The van der Waals surface area contributed by atoms with Crippen molar-refractivity contribution in [2.24, 2.45) is 0 Å². The number of ether oxygens (including phenoxy) is 1. The SMILES string of the molecule is COC(=O)c1ncsc1S(=O)(=O)NCc1c(C)noc1C. The molecule has 0 saturated heterocycles. The molecule has 0 unspecified atom stereocenters. The van der Waals surface area contributed by atoms with Gasteiger partial charge in [-0.05, 0) is 13.8 Å². The maximum absolute atomic E-state index is 12.3. The van der Waals surface area contributed by atoms with Crippen molar-refractivity contribution in [3.63, 3.8) is 0 Å². The number of methoxy groups -OCH3 is 1. The molecule has 21 heavy (non-hydrogen) atoms. The summed E-state index contributed by atoms with van der Waals surface area (Å²) in [6.07, 6.45) is 0. The van der Waals surface area contributed by atoms with E-state index in [0.717, 1.165) is 18.4 Å². The van der Waals surface area contributed by atoms with Crippen molar-refractivity contribution < 1.29 is 22.5 Å². The van der Waals surface area contributed by atoms with Crippen LogP contribution in [0.2, 0.25) is 0 Å². The molecule has 10 heteroatoms. The van der Waals surface area contributed by atoms with Crippen LogP contribution < -0.4 is 4.72 Å². The zero-order valence-electron chi connectivity index (χ0n) is 11.5. The van der Waals surface area contributed by atoms with E-state index < -0.39 is 16.0 Å². The molecule has 0 saturated carbocycles. The molecule has 0 bridgehead atoms. The number of esters is 1. The van der Waals surface area contributed by atoms with Gasteiger partial charge < -0.3 is 9.26 Å². The van der Waals surface area contributed by atoms with Crippen LogP contribution in [-0.4, -0.2) is 31.6 Å². The fourth-order valence-corrected chi connectivity index (χ4v) is 3.82. The monoisotopic (exact) mass is 331 g/mol. The standard InChI is InChI=1S/C11H13N3O5S2/c1-6-8(7(2)19-14-6)4-13-21(16,17)11-9(10(15)18-3)12-5-20-11/h5,13H,4H2,1-3H3. The summed E-state index contributed by atoms with van der Waals surface area (Å²) in [5, 5.41) is 3.74. The fraction of sp³-hybridized carbons (Fsp3) is 0.364. The summed E-state index contributed by atoms with van der Waals surface area (Å²) in [5.74, 6) is -0.262. The van der Waals surface area contributed by atoms with Crippen LogP contribution in [0, 0.1) is 13.8 Å². The smallest absolute Gasteiger partial charge is 0.358 e. The molecule has 8 nitrogen and oxygen atoms in total. The van der Waals surface area contributed by atoms with E-state index in [2.05, 4.69) is 19.6 Å². The zero-order valence-corrected chi connectivity index (χ0v) is 13.2. The minimum absolute atomic E-state index is 0.0159. The molecule has 0 aliphatic carbocycles. The van der Waals surface area contributed by atoms with Crippen LogP contribution in [0.4, 0.5) is 0 Å². The summed E-state index contributed by atoms with van der Waals surface area (Å²) >= 11 is 0.844. The largest absolute Gasteiger partial charge is 0.464 e. The van der Waals surface area contributed by atoms with Crippen LogP contribution in [-0.2, 0) is 21.3 Å². The Morgan fingerprint density at radius 1 is 1.48 bits per heavy atom. The minimum atomic E-state index is -3.88. The molecular weight excluding hydrogens is 318 g/mol. The lowest BCUT2D eigenvalue weighted by molar-refractivity contribution is 0.0590. The van der Waals surface area contributed by atoms with E-state index in [9.17, 15) is 13.2 Å². The van der Waals surface area contributed by atoms with E-state index in [1.165, 1.54) is 5.51 Å². The lowest BCUT2D eigenvalue weighted by Crippen LogP contribution is -2.24.